The van der Waals surface area contributed by atoms with Crippen LogP contribution in [0.2, 0.25) is 0 Å². The Hall–Kier alpha value is -0.320. The van der Waals surface area contributed by atoms with Crippen LogP contribution in [0.5, 0.6) is 0 Å². The monoisotopic (exact) mass is 292 g/mol. The summed E-state index contributed by atoms with van der Waals surface area (Å²) in [4.78, 5) is 6.91. The second kappa shape index (κ2) is 4.96. The fraction of sp³-hybridized carbons (Fsp3) is 0.222. The predicted octanol–water partition coefficient (Wildman–Crippen LogP) is 3.43. The quantitative estimate of drug-likeness (QED) is 0.843. The molecule has 2 rings (SSSR count). The van der Waals surface area contributed by atoms with Crippen LogP contribution in [0.4, 0.5) is 0 Å². The van der Waals surface area contributed by atoms with E-state index in [1.807, 2.05) is 6.20 Å². The van der Waals surface area contributed by atoms with Crippen molar-refractivity contribution in [3.8, 4) is 0 Å². The fourth-order valence-corrected chi connectivity index (χ4v) is 3.13. The average Bonchev–Trinajstić information content (AvgIpc) is 2.47. The van der Waals surface area contributed by atoms with Crippen LogP contribution in [0.25, 0.3) is 0 Å². The Labute approximate surface area is 102 Å². The van der Waals surface area contributed by atoms with Crippen molar-refractivity contribution in [2.45, 2.75) is 13.0 Å². The van der Waals surface area contributed by atoms with Gasteiger partial charge in [-0.3, -0.25) is 4.99 Å². The van der Waals surface area contributed by atoms with Gasteiger partial charge in [-0.05, 0) is 35.0 Å². The molecule has 1 aliphatic heterocycles. The molecule has 0 spiro atoms. The van der Waals surface area contributed by atoms with Crippen LogP contribution >= 0.6 is 39.7 Å². The molecule has 2 heterocycles. The highest BCUT2D eigenvalue weighted by Crippen LogP contribution is 2.34. The van der Waals surface area contributed by atoms with Gasteiger partial charge in [0.15, 0.2) is 0 Å². The fourth-order valence-electron chi connectivity index (χ4n) is 1.22. The SMILES string of the molecule is Cc1cc(Br)c(C2C=CNC=N2)s1.Cl. The molecule has 0 aliphatic carbocycles. The van der Waals surface area contributed by atoms with E-state index in [0.717, 1.165) is 4.47 Å². The number of hydrogen-bond donors (Lipinski definition) is 1. The molecule has 1 aliphatic rings. The third-order valence-corrected chi connectivity index (χ3v) is 3.83. The van der Waals surface area contributed by atoms with Gasteiger partial charge < -0.3 is 5.32 Å². The van der Waals surface area contributed by atoms with Crippen LogP contribution in [0.1, 0.15) is 15.8 Å². The third kappa shape index (κ3) is 2.38. The molecule has 0 bridgehead atoms. The van der Waals surface area contributed by atoms with Crippen molar-refractivity contribution in [3.05, 3.63) is 32.6 Å². The van der Waals surface area contributed by atoms with Crippen LogP contribution < -0.4 is 5.32 Å². The summed E-state index contributed by atoms with van der Waals surface area (Å²) in [6.07, 6.45) is 5.70. The van der Waals surface area contributed by atoms with E-state index in [9.17, 15) is 0 Å². The van der Waals surface area contributed by atoms with E-state index in [2.05, 4.69) is 45.3 Å². The molecule has 2 nitrogen and oxygen atoms in total. The lowest BCUT2D eigenvalue weighted by Crippen LogP contribution is -2.07. The lowest BCUT2D eigenvalue weighted by molar-refractivity contribution is 0.900. The number of aryl methyl sites for hydroxylation is 1. The lowest BCUT2D eigenvalue weighted by Gasteiger charge is -2.09. The van der Waals surface area contributed by atoms with E-state index in [0.29, 0.717) is 0 Å². The van der Waals surface area contributed by atoms with E-state index in [4.69, 9.17) is 0 Å². The summed E-state index contributed by atoms with van der Waals surface area (Å²) >= 11 is 5.32. The molecule has 0 aromatic carbocycles. The van der Waals surface area contributed by atoms with Crippen molar-refractivity contribution in [1.82, 2.24) is 5.32 Å². The maximum atomic E-state index is 4.33. The number of thiophene rings is 1. The molecule has 1 aromatic rings. The van der Waals surface area contributed by atoms with Crippen LogP contribution in [-0.2, 0) is 0 Å². The second-order valence-electron chi connectivity index (χ2n) is 2.82. The number of rotatable bonds is 1. The van der Waals surface area contributed by atoms with E-state index >= 15 is 0 Å². The summed E-state index contributed by atoms with van der Waals surface area (Å²) in [5, 5.41) is 2.93. The molecule has 76 valence electrons. The Morgan fingerprint density at radius 2 is 2.36 bits per heavy atom. The first-order valence-corrected chi connectivity index (χ1v) is 5.58. The molecule has 1 unspecified atom stereocenters. The van der Waals surface area contributed by atoms with E-state index in [1.165, 1.54) is 9.75 Å². The molecule has 0 fully saturated rings. The Kier molecular flexibility index (Phi) is 4.16. The largest absolute Gasteiger partial charge is 0.353 e. The van der Waals surface area contributed by atoms with Gasteiger partial charge >= 0.3 is 0 Å². The van der Waals surface area contributed by atoms with Crippen molar-refractivity contribution in [2.24, 2.45) is 4.99 Å². The summed E-state index contributed by atoms with van der Waals surface area (Å²) in [5.41, 5.74) is 0. The molecule has 14 heavy (non-hydrogen) atoms. The van der Waals surface area contributed by atoms with Gasteiger partial charge in [0.2, 0.25) is 0 Å². The Bertz CT molecular complexity index is 361. The van der Waals surface area contributed by atoms with E-state index < -0.39 is 0 Å². The normalized spacial score (nSPS) is 18.9. The maximum absolute atomic E-state index is 4.33. The van der Waals surface area contributed by atoms with Crippen LogP contribution in [-0.4, -0.2) is 6.34 Å². The minimum atomic E-state index is 0. The van der Waals surface area contributed by atoms with Crippen molar-refractivity contribution in [1.29, 1.82) is 0 Å². The molecule has 1 atom stereocenters. The summed E-state index contributed by atoms with van der Waals surface area (Å²) in [6.45, 7) is 2.10. The van der Waals surface area contributed by atoms with Gasteiger partial charge in [0.25, 0.3) is 0 Å². The zero-order valence-electron chi connectivity index (χ0n) is 7.53. The Morgan fingerprint density at radius 3 is 2.86 bits per heavy atom. The minimum absolute atomic E-state index is 0. The first-order valence-electron chi connectivity index (χ1n) is 3.97. The highest BCUT2D eigenvalue weighted by Gasteiger charge is 2.13. The summed E-state index contributed by atoms with van der Waals surface area (Å²) < 4.78 is 1.16. The Balaban J connectivity index is 0.000000980. The molecule has 0 saturated carbocycles. The number of halogens is 2. The van der Waals surface area contributed by atoms with Gasteiger partial charge in [-0.15, -0.1) is 23.7 Å². The van der Waals surface area contributed by atoms with Gasteiger partial charge in [-0.25, -0.2) is 0 Å². The summed E-state index contributed by atoms with van der Waals surface area (Å²) in [6, 6.07) is 2.31. The molecular weight excluding hydrogens is 284 g/mol. The zero-order valence-corrected chi connectivity index (χ0v) is 10.7. The minimum Gasteiger partial charge on any atom is -0.353 e. The van der Waals surface area contributed by atoms with E-state index in [-0.39, 0.29) is 18.4 Å². The second-order valence-corrected chi connectivity index (χ2v) is 4.96. The van der Waals surface area contributed by atoms with Crippen LogP contribution in [0.15, 0.2) is 27.8 Å². The first-order chi connectivity index (χ1) is 6.27. The summed E-state index contributed by atoms with van der Waals surface area (Å²) in [5.74, 6) is 0. The van der Waals surface area contributed by atoms with Crippen LogP contribution in [0.3, 0.4) is 0 Å². The van der Waals surface area contributed by atoms with Crippen molar-refractivity contribution < 1.29 is 0 Å². The Morgan fingerprint density at radius 1 is 1.57 bits per heavy atom. The average molecular weight is 294 g/mol. The standard InChI is InChI=1S/C9H9BrN2S.ClH/c1-6-4-7(10)9(13-6)8-2-3-11-5-12-8;/h2-5,8H,1H3,(H,11,12);1H. The first kappa shape index (κ1) is 11.8. The van der Waals surface area contributed by atoms with E-state index in [1.54, 1.807) is 17.7 Å². The van der Waals surface area contributed by atoms with Crippen molar-refractivity contribution >= 4 is 46.0 Å². The number of nitrogens with zero attached hydrogens (tertiary/aromatic N) is 1. The number of aliphatic imine (C=N–C) groups is 1. The van der Waals surface area contributed by atoms with Crippen LogP contribution in [0, 0.1) is 6.92 Å². The highest BCUT2D eigenvalue weighted by molar-refractivity contribution is 9.10. The van der Waals surface area contributed by atoms with Crippen molar-refractivity contribution in [3.63, 3.8) is 0 Å². The zero-order chi connectivity index (χ0) is 9.26. The predicted molar refractivity (Wildman–Crippen MR) is 67.5 cm³/mol. The highest BCUT2D eigenvalue weighted by atomic mass is 79.9. The smallest absolute Gasteiger partial charge is 0.107 e. The lowest BCUT2D eigenvalue weighted by atomic mass is 10.2. The van der Waals surface area contributed by atoms with Crippen molar-refractivity contribution in [2.75, 3.05) is 0 Å². The third-order valence-electron chi connectivity index (χ3n) is 1.79. The molecular formula is C9H10BrClN2S. The molecule has 0 amide bonds. The molecule has 0 saturated heterocycles. The molecule has 1 aromatic heterocycles. The molecule has 1 N–H and O–H groups in total. The topological polar surface area (TPSA) is 24.4 Å². The van der Waals surface area contributed by atoms with Gasteiger partial charge in [0.1, 0.15) is 6.04 Å². The van der Waals surface area contributed by atoms with Gasteiger partial charge in [0, 0.05) is 20.4 Å². The van der Waals surface area contributed by atoms with Gasteiger partial charge in [-0.2, -0.15) is 0 Å². The molecule has 0 radical (unpaired) electrons. The number of nitrogens with one attached hydrogen (secondary N) is 1. The summed E-state index contributed by atoms with van der Waals surface area (Å²) in [7, 11) is 0. The van der Waals surface area contributed by atoms with Gasteiger partial charge in [-0.1, -0.05) is 0 Å². The maximum Gasteiger partial charge on any atom is 0.107 e. The van der Waals surface area contributed by atoms with Gasteiger partial charge in [0.05, 0.1) is 6.34 Å². The molecule has 5 heteroatoms. The number of hydrogen-bond acceptors (Lipinski definition) is 3.